The Morgan fingerprint density at radius 2 is 2.54 bits per heavy atom. The molecule has 0 unspecified atom stereocenters. The highest BCUT2D eigenvalue weighted by Crippen LogP contribution is 1.87. The summed E-state index contributed by atoms with van der Waals surface area (Å²) in [5, 5.41) is 10.1. The van der Waals surface area contributed by atoms with Crippen molar-refractivity contribution in [1.82, 2.24) is 20.5 Å². The molecule has 2 amide bonds. The zero-order valence-corrected chi connectivity index (χ0v) is 7.48. The zero-order valence-electron chi connectivity index (χ0n) is 7.48. The topological polar surface area (TPSA) is 71.3 Å². The lowest BCUT2D eigenvalue weighted by Crippen LogP contribution is -2.28. The Bertz CT molecular complexity index is 316. The van der Waals surface area contributed by atoms with Crippen molar-refractivity contribution in [3.8, 4) is 0 Å². The average molecular weight is 181 g/mol. The van der Waals surface area contributed by atoms with Gasteiger partial charge in [-0.1, -0.05) is 0 Å². The normalized spacial score (nSPS) is 10.3. The van der Waals surface area contributed by atoms with Gasteiger partial charge in [-0.05, 0) is 6.07 Å². The molecule has 0 aliphatic heterocycles. The second-order valence-corrected chi connectivity index (χ2v) is 2.36. The molecule has 0 aliphatic rings. The third-order valence-electron chi connectivity index (χ3n) is 1.32. The quantitative estimate of drug-likeness (QED) is 0.485. The molecule has 0 fully saturated rings. The number of carbonyl (C=O) groups is 1. The number of urea groups is 1. The lowest BCUT2D eigenvalue weighted by atomic mass is 10.5. The molecule has 1 aromatic rings. The van der Waals surface area contributed by atoms with E-state index < -0.39 is 0 Å². The first-order valence-corrected chi connectivity index (χ1v) is 3.73. The lowest BCUT2D eigenvalue weighted by molar-refractivity contribution is 0.243. The van der Waals surface area contributed by atoms with E-state index >= 15 is 0 Å². The van der Waals surface area contributed by atoms with Crippen molar-refractivity contribution in [2.75, 3.05) is 7.05 Å². The molecule has 70 valence electrons. The largest absolute Gasteiger partial charge is 0.340 e. The molecule has 1 heterocycles. The van der Waals surface area contributed by atoms with Crippen LogP contribution in [0.5, 0.6) is 0 Å². The number of amides is 2. The molecule has 0 spiro atoms. The summed E-state index contributed by atoms with van der Waals surface area (Å²) in [6, 6.07) is 1.43. The number of hydrogen-bond acceptors (Lipinski definition) is 3. The van der Waals surface area contributed by atoms with E-state index in [1.807, 2.05) is 7.05 Å². The number of rotatable bonds is 2. The fourth-order valence-electron chi connectivity index (χ4n) is 0.715. The average Bonchev–Trinajstić information content (AvgIpc) is 2.51. The Morgan fingerprint density at radius 3 is 3.08 bits per heavy atom. The minimum atomic E-state index is -0.354. The molecule has 0 radical (unpaired) electrons. The van der Waals surface area contributed by atoms with Crippen molar-refractivity contribution in [1.29, 1.82) is 0 Å². The molecular weight excluding hydrogens is 170 g/mol. The van der Waals surface area contributed by atoms with Crippen molar-refractivity contribution in [2.45, 2.75) is 0 Å². The van der Waals surface area contributed by atoms with Crippen LogP contribution in [0.15, 0.2) is 17.4 Å². The monoisotopic (exact) mass is 181 g/mol. The highest BCUT2D eigenvalue weighted by Gasteiger charge is 1.92. The third kappa shape index (κ3) is 2.94. The van der Waals surface area contributed by atoms with Gasteiger partial charge < -0.3 is 5.32 Å². The molecule has 0 aromatic carbocycles. The number of hydrogen-bond donors (Lipinski definition) is 2. The minimum absolute atomic E-state index is 0.354. The predicted molar refractivity (Wildman–Crippen MR) is 48.4 cm³/mol. The summed E-state index contributed by atoms with van der Waals surface area (Å²) in [4.78, 5) is 10.6. The fourth-order valence-corrected chi connectivity index (χ4v) is 0.715. The predicted octanol–water partition coefficient (Wildman–Crippen LogP) is -0.317. The SMILES string of the molecule is CNC(=O)N/N=C/c1ccn(C)n1. The van der Waals surface area contributed by atoms with Gasteiger partial charge in [-0.25, -0.2) is 10.2 Å². The lowest BCUT2D eigenvalue weighted by Gasteiger charge is -1.94. The van der Waals surface area contributed by atoms with Crippen LogP contribution in [-0.4, -0.2) is 29.1 Å². The maximum Gasteiger partial charge on any atom is 0.334 e. The van der Waals surface area contributed by atoms with E-state index in [4.69, 9.17) is 0 Å². The van der Waals surface area contributed by atoms with Crippen molar-refractivity contribution in [3.63, 3.8) is 0 Å². The molecule has 6 nitrogen and oxygen atoms in total. The first-order valence-electron chi connectivity index (χ1n) is 3.73. The van der Waals surface area contributed by atoms with Crippen LogP contribution in [0.2, 0.25) is 0 Å². The van der Waals surface area contributed by atoms with E-state index in [0.29, 0.717) is 5.69 Å². The number of nitrogens with zero attached hydrogens (tertiary/aromatic N) is 3. The van der Waals surface area contributed by atoms with Gasteiger partial charge in [-0.3, -0.25) is 4.68 Å². The first kappa shape index (κ1) is 9.24. The van der Waals surface area contributed by atoms with E-state index in [9.17, 15) is 4.79 Å². The number of carbonyl (C=O) groups excluding carboxylic acids is 1. The van der Waals surface area contributed by atoms with Crippen LogP contribution in [-0.2, 0) is 7.05 Å². The Hall–Kier alpha value is -1.85. The number of nitrogens with one attached hydrogen (secondary N) is 2. The zero-order chi connectivity index (χ0) is 9.68. The molecule has 6 heteroatoms. The number of hydrazone groups is 1. The molecule has 1 aromatic heterocycles. The van der Waals surface area contributed by atoms with Crippen LogP contribution in [0.3, 0.4) is 0 Å². The van der Waals surface area contributed by atoms with Gasteiger partial charge in [0.2, 0.25) is 0 Å². The van der Waals surface area contributed by atoms with Crippen LogP contribution in [0.25, 0.3) is 0 Å². The molecule has 0 atom stereocenters. The Balaban J connectivity index is 2.45. The molecule has 0 saturated heterocycles. The van der Waals surface area contributed by atoms with Gasteiger partial charge >= 0.3 is 6.03 Å². The van der Waals surface area contributed by atoms with Crippen LogP contribution in [0, 0.1) is 0 Å². The van der Waals surface area contributed by atoms with Crippen LogP contribution < -0.4 is 10.7 Å². The maximum atomic E-state index is 10.6. The van der Waals surface area contributed by atoms with Gasteiger partial charge in [-0.15, -0.1) is 0 Å². The Kier molecular flexibility index (Phi) is 3.02. The van der Waals surface area contributed by atoms with Gasteiger partial charge in [0.25, 0.3) is 0 Å². The van der Waals surface area contributed by atoms with E-state index in [0.717, 1.165) is 0 Å². The van der Waals surface area contributed by atoms with E-state index in [-0.39, 0.29) is 6.03 Å². The van der Waals surface area contributed by atoms with Crippen molar-refractivity contribution in [2.24, 2.45) is 12.1 Å². The summed E-state index contributed by atoms with van der Waals surface area (Å²) in [6.45, 7) is 0. The van der Waals surface area contributed by atoms with Crippen LogP contribution >= 0.6 is 0 Å². The number of aromatic nitrogens is 2. The highest BCUT2D eigenvalue weighted by atomic mass is 16.2. The summed E-state index contributed by atoms with van der Waals surface area (Å²) < 4.78 is 1.65. The highest BCUT2D eigenvalue weighted by molar-refractivity contribution is 5.79. The van der Waals surface area contributed by atoms with Gasteiger partial charge in [0.05, 0.1) is 6.21 Å². The Morgan fingerprint density at radius 1 is 1.77 bits per heavy atom. The van der Waals surface area contributed by atoms with Crippen LogP contribution in [0.1, 0.15) is 5.69 Å². The van der Waals surface area contributed by atoms with E-state index in [1.165, 1.54) is 13.3 Å². The molecule has 13 heavy (non-hydrogen) atoms. The smallest absolute Gasteiger partial charge is 0.334 e. The molecule has 0 bridgehead atoms. The number of aryl methyl sites for hydroxylation is 1. The van der Waals surface area contributed by atoms with E-state index in [2.05, 4.69) is 20.9 Å². The first-order chi connectivity index (χ1) is 6.22. The fraction of sp³-hybridized carbons (Fsp3) is 0.286. The van der Waals surface area contributed by atoms with E-state index in [1.54, 1.807) is 16.9 Å². The summed E-state index contributed by atoms with van der Waals surface area (Å²) >= 11 is 0. The van der Waals surface area contributed by atoms with Crippen molar-refractivity contribution >= 4 is 12.2 Å². The molecule has 1 rings (SSSR count). The van der Waals surface area contributed by atoms with Crippen molar-refractivity contribution < 1.29 is 4.79 Å². The summed E-state index contributed by atoms with van der Waals surface area (Å²) in [5.74, 6) is 0. The Labute approximate surface area is 75.6 Å². The molecule has 0 aliphatic carbocycles. The molecule has 0 saturated carbocycles. The van der Waals surface area contributed by atoms with Crippen molar-refractivity contribution in [3.05, 3.63) is 18.0 Å². The maximum absolute atomic E-state index is 10.6. The molecular formula is C7H11N5O. The summed E-state index contributed by atoms with van der Waals surface area (Å²) in [6.07, 6.45) is 3.26. The van der Waals surface area contributed by atoms with Gasteiger partial charge in [0.1, 0.15) is 5.69 Å². The van der Waals surface area contributed by atoms with Gasteiger partial charge in [-0.2, -0.15) is 10.2 Å². The standard InChI is InChI=1S/C7H11N5O/c1-8-7(13)10-9-5-6-3-4-12(2)11-6/h3-5H,1-2H3,(H2,8,10,13)/b9-5+. The second kappa shape index (κ2) is 4.24. The van der Waals surface area contributed by atoms with Gasteiger partial charge in [0, 0.05) is 20.3 Å². The molecule has 2 N–H and O–H groups in total. The minimum Gasteiger partial charge on any atom is -0.340 e. The van der Waals surface area contributed by atoms with Gasteiger partial charge in [0.15, 0.2) is 0 Å². The second-order valence-electron chi connectivity index (χ2n) is 2.36. The van der Waals surface area contributed by atoms with Crippen LogP contribution in [0.4, 0.5) is 4.79 Å². The summed E-state index contributed by atoms with van der Waals surface area (Å²) in [5.41, 5.74) is 2.95. The summed E-state index contributed by atoms with van der Waals surface area (Å²) in [7, 11) is 3.33. The third-order valence-corrected chi connectivity index (χ3v) is 1.32.